The highest BCUT2D eigenvalue weighted by atomic mass is 32.1. The average Bonchev–Trinajstić information content (AvgIpc) is 3.19. The molecule has 0 aliphatic carbocycles. The molecule has 0 aliphatic heterocycles. The Morgan fingerprint density at radius 2 is 1.65 bits per heavy atom. The summed E-state index contributed by atoms with van der Waals surface area (Å²) in [6.45, 7) is 2.08. The molecule has 4 N–H and O–H groups in total. The molecule has 1 aromatic heterocycles. The monoisotopic (exact) mass is 432 g/mol. The first-order valence-electron chi connectivity index (χ1n) is 9.61. The van der Waals surface area contributed by atoms with E-state index in [0.717, 1.165) is 21.7 Å². The number of hydrogen-bond donors (Lipinski definition) is 4. The number of rotatable bonds is 5. The van der Waals surface area contributed by atoms with Crippen LogP contribution in [0.3, 0.4) is 0 Å². The van der Waals surface area contributed by atoms with Gasteiger partial charge >= 0.3 is 0 Å². The van der Waals surface area contributed by atoms with E-state index in [-0.39, 0.29) is 28.7 Å². The van der Waals surface area contributed by atoms with Crippen molar-refractivity contribution in [2.24, 2.45) is 0 Å². The SMILES string of the molecule is CC(c1ccccc1)c1sc(NC(=O)c2ccc(O)c(O)c2)nc1-c1ccc(O)cc1. The number of anilines is 1. The van der Waals surface area contributed by atoms with Gasteiger partial charge in [-0.2, -0.15) is 0 Å². The number of thiazole rings is 1. The lowest BCUT2D eigenvalue weighted by atomic mass is 9.96. The highest BCUT2D eigenvalue weighted by Gasteiger charge is 2.21. The van der Waals surface area contributed by atoms with Gasteiger partial charge in [-0.05, 0) is 48.0 Å². The summed E-state index contributed by atoms with van der Waals surface area (Å²) in [5.74, 6) is -0.905. The van der Waals surface area contributed by atoms with Crippen molar-refractivity contribution in [2.45, 2.75) is 12.8 Å². The highest BCUT2D eigenvalue weighted by molar-refractivity contribution is 7.16. The summed E-state index contributed by atoms with van der Waals surface area (Å²) >= 11 is 1.37. The van der Waals surface area contributed by atoms with Gasteiger partial charge in [-0.15, -0.1) is 11.3 Å². The molecule has 1 atom stereocenters. The molecule has 1 unspecified atom stereocenters. The number of benzene rings is 3. The lowest BCUT2D eigenvalue weighted by Crippen LogP contribution is -2.11. The number of carbonyl (C=O) groups excluding carboxylic acids is 1. The van der Waals surface area contributed by atoms with E-state index in [2.05, 4.69) is 17.2 Å². The minimum Gasteiger partial charge on any atom is -0.508 e. The fourth-order valence-electron chi connectivity index (χ4n) is 3.23. The second-order valence-electron chi connectivity index (χ2n) is 7.07. The van der Waals surface area contributed by atoms with Gasteiger partial charge in [-0.1, -0.05) is 37.3 Å². The molecule has 0 fully saturated rings. The first kappa shape index (κ1) is 20.4. The molecule has 6 nitrogen and oxygen atoms in total. The van der Waals surface area contributed by atoms with Gasteiger partial charge in [-0.3, -0.25) is 10.1 Å². The van der Waals surface area contributed by atoms with Crippen molar-refractivity contribution in [3.63, 3.8) is 0 Å². The molecule has 0 bridgehead atoms. The Morgan fingerprint density at radius 3 is 2.32 bits per heavy atom. The van der Waals surface area contributed by atoms with Crippen LogP contribution in [0.5, 0.6) is 17.2 Å². The summed E-state index contributed by atoms with van der Waals surface area (Å²) in [6.07, 6.45) is 0. The molecule has 0 saturated carbocycles. The second kappa shape index (κ2) is 8.49. The molecular formula is C24H20N2O4S. The number of nitrogens with zero attached hydrogens (tertiary/aromatic N) is 1. The van der Waals surface area contributed by atoms with Gasteiger partial charge in [0.25, 0.3) is 5.91 Å². The number of amides is 1. The van der Waals surface area contributed by atoms with Gasteiger partial charge in [0, 0.05) is 21.9 Å². The van der Waals surface area contributed by atoms with E-state index in [1.165, 1.54) is 29.5 Å². The van der Waals surface area contributed by atoms with Crippen molar-refractivity contribution in [3.8, 4) is 28.5 Å². The van der Waals surface area contributed by atoms with Crippen LogP contribution in [-0.4, -0.2) is 26.2 Å². The van der Waals surface area contributed by atoms with Crippen LogP contribution in [0, 0.1) is 0 Å². The molecule has 156 valence electrons. The molecule has 0 saturated heterocycles. The van der Waals surface area contributed by atoms with E-state index >= 15 is 0 Å². The maximum Gasteiger partial charge on any atom is 0.257 e. The molecule has 0 aliphatic rings. The largest absolute Gasteiger partial charge is 0.508 e. The van der Waals surface area contributed by atoms with Crippen molar-refractivity contribution in [1.29, 1.82) is 0 Å². The van der Waals surface area contributed by atoms with E-state index in [0.29, 0.717) is 5.13 Å². The predicted octanol–water partition coefficient (Wildman–Crippen LogP) is 5.33. The average molecular weight is 433 g/mol. The zero-order valence-electron chi connectivity index (χ0n) is 16.6. The Morgan fingerprint density at radius 1 is 0.935 bits per heavy atom. The summed E-state index contributed by atoms with van der Waals surface area (Å²) in [5, 5.41) is 32.0. The number of phenols is 3. The molecule has 0 radical (unpaired) electrons. The van der Waals surface area contributed by atoms with E-state index in [9.17, 15) is 20.1 Å². The number of hydrogen-bond acceptors (Lipinski definition) is 6. The molecule has 7 heteroatoms. The van der Waals surface area contributed by atoms with Crippen molar-refractivity contribution >= 4 is 22.4 Å². The minimum absolute atomic E-state index is 0.0332. The van der Waals surface area contributed by atoms with Crippen molar-refractivity contribution in [1.82, 2.24) is 4.98 Å². The van der Waals surface area contributed by atoms with Crippen LogP contribution in [0.1, 0.15) is 33.6 Å². The third kappa shape index (κ3) is 4.36. The Balaban J connectivity index is 1.71. The summed E-state index contributed by atoms with van der Waals surface area (Å²) in [5.41, 5.74) is 2.88. The maximum atomic E-state index is 12.6. The molecule has 1 amide bonds. The van der Waals surface area contributed by atoms with E-state index in [4.69, 9.17) is 0 Å². The number of nitrogens with one attached hydrogen (secondary N) is 1. The van der Waals surface area contributed by atoms with Gasteiger partial charge in [0.1, 0.15) is 5.75 Å². The lowest BCUT2D eigenvalue weighted by molar-refractivity contribution is 0.102. The summed E-state index contributed by atoms with van der Waals surface area (Å²) in [4.78, 5) is 18.3. The maximum absolute atomic E-state index is 12.6. The third-order valence-corrected chi connectivity index (χ3v) is 6.10. The van der Waals surface area contributed by atoms with Crippen LogP contribution in [0.2, 0.25) is 0 Å². The summed E-state index contributed by atoms with van der Waals surface area (Å²) in [6, 6.07) is 20.7. The standard InChI is InChI=1S/C24H20N2O4S/c1-14(15-5-3-2-4-6-15)22-21(16-7-10-18(27)11-8-16)25-24(31-22)26-23(30)17-9-12-19(28)20(29)13-17/h2-14,27-29H,1H3,(H,25,26,30). The lowest BCUT2D eigenvalue weighted by Gasteiger charge is -2.12. The zero-order chi connectivity index (χ0) is 22.0. The Hall–Kier alpha value is -3.84. The van der Waals surface area contributed by atoms with Crippen LogP contribution in [0.15, 0.2) is 72.8 Å². The Bertz CT molecular complexity index is 1220. The van der Waals surface area contributed by atoms with Crippen LogP contribution in [0.25, 0.3) is 11.3 Å². The molecule has 31 heavy (non-hydrogen) atoms. The minimum atomic E-state index is -0.444. The summed E-state index contributed by atoms with van der Waals surface area (Å²) < 4.78 is 0. The number of aromatic nitrogens is 1. The van der Waals surface area contributed by atoms with Gasteiger partial charge in [0.2, 0.25) is 0 Å². The van der Waals surface area contributed by atoms with Crippen LogP contribution >= 0.6 is 11.3 Å². The van der Waals surface area contributed by atoms with E-state index in [1.54, 1.807) is 24.3 Å². The van der Waals surface area contributed by atoms with Crippen molar-refractivity contribution < 1.29 is 20.1 Å². The quantitative estimate of drug-likeness (QED) is 0.319. The zero-order valence-corrected chi connectivity index (χ0v) is 17.4. The van der Waals surface area contributed by atoms with Crippen molar-refractivity contribution in [3.05, 3.63) is 88.8 Å². The molecule has 4 rings (SSSR count). The van der Waals surface area contributed by atoms with Crippen LogP contribution in [0.4, 0.5) is 5.13 Å². The fraction of sp³-hybridized carbons (Fsp3) is 0.0833. The highest BCUT2D eigenvalue weighted by Crippen LogP contribution is 2.39. The van der Waals surface area contributed by atoms with E-state index < -0.39 is 5.91 Å². The predicted molar refractivity (Wildman–Crippen MR) is 121 cm³/mol. The van der Waals surface area contributed by atoms with Crippen molar-refractivity contribution in [2.75, 3.05) is 5.32 Å². The number of phenolic OH excluding ortho intramolecular Hbond substituents is 3. The third-order valence-electron chi connectivity index (χ3n) is 4.95. The Labute approximate surface area is 183 Å². The van der Waals surface area contributed by atoms with Crippen LogP contribution in [-0.2, 0) is 0 Å². The van der Waals surface area contributed by atoms with Gasteiger partial charge in [0.15, 0.2) is 16.6 Å². The van der Waals surface area contributed by atoms with Crippen LogP contribution < -0.4 is 5.32 Å². The molecule has 1 heterocycles. The molecular weight excluding hydrogens is 412 g/mol. The second-order valence-corrected chi connectivity index (χ2v) is 8.10. The first-order chi connectivity index (χ1) is 14.9. The number of aromatic hydroxyl groups is 3. The summed E-state index contributed by atoms with van der Waals surface area (Å²) in [7, 11) is 0. The normalized spacial score (nSPS) is 11.8. The van der Waals surface area contributed by atoms with Gasteiger partial charge in [-0.25, -0.2) is 4.98 Å². The first-order valence-corrected chi connectivity index (χ1v) is 10.4. The topological polar surface area (TPSA) is 103 Å². The van der Waals surface area contributed by atoms with Gasteiger partial charge in [0.05, 0.1) is 5.69 Å². The molecule has 3 aromatic carbocycles. The smallest absolute Gasteiger partial charge is 0.257 e. The van der Waals surface area contributed by atoms with E-state index in [1.807, 2.05) is 30.3 Å². The fourth-order valence-corrected chi connectivity index (χ4v) is 4.29. The number of carbonyl (C=O) groups is 1. The van der Waals surface area contributed by atoms with Gasteiger partial charge < -0.3 is 15.3 Å². The Kier molecular flexibility index (Phi) is 5.60. The molecule has 0 spiro atoms. The molecule has 4 aromatic rings.